The molecule has 2 aromatic rings. The van der Waals surface area contributed by atoms with Crippen LogP contribution in [0.3, 0.4) is 0 Å². The van der Waals surface area contributed by atoms with E-state index in [9.17, 15) is 4.39 Å². The predicted molar refractivity (Wildman–Crippen MR) is 46.5 cm³/mol. The number of hydrogen-bond acceptors (Lipinski definition) is 2. The molecule has 0 fully saturated rings. The summed E-state index contributed by atoms with van der Waals surface area (Å²) < 4.78 is 14.0. The molecule has 0 aliphatic heterocycles. The van der Waals surface area contributed by atoms with Gasteiger partial charge in [-0.2, -0.15) is 5.26 Å². The Bertz CT molecular complexity index is 467. The molecule has 1 aromatic carbocycles. The molecule has 0 atom stereocenters. The van der Waals surface area contributed by atoms with Gasteiger partial charge in [0.25, 0.3) is 0 Å². The molecule has 1 nitrogen and oxygen atoms in total. The summed E-state index contributed by atoms with van der Waals surface area (Å²) in [6.07, 6.45) is 0. The Morgan fingerprint density at radius 2 is 2.08 bits per heavy atom. The van der Waals surface area contributed by atoms with Crippen molar-refractivity contribution in [2.24, 2.45) is 0 Å². The van der Waals surface area contributed by atoms with Gasteiger partial charge in [-0.15, -0.1) is 11.3 Å². The van der Waals surface area contributed by atoms with Crippen molar-refractivity contribution in [1.82, 2.24) is 0 Å². The summed E-state index contributed by atoms with van der Waals surface area (Å²) in [6.45, 7) is 0. The van der Waals surface area contributed by atoms with Gasteiger partial charge in [-0.1, -0.05) is 18.2 Å². The highest BCUT2D eigenvalue weighted by Crippen LogP contribution is 2.28. The summed E-state index contributed by atoms with van der Waals surface area (Å²) in [4.78, 5) is 0.163. The zero-order valence-electron chi connectivity index (χ0n) is 6.04. The minimum Gasteiger partial charge on any atom is -0.204 e. The second-order valence-corrected chi connectivity index (χ2v) is 3.41. The first-order valence-electron chi connectivity index (χ1n) is 3.40. The number of hydrogen-bond donors (Lipinski definition) is 0. The maximum atomic E-state index is 13.2. The van der Waals surface area contributed by atoms with Gasteiger partial charge in [-0.25, -0.2) is 4.39 Å². The summed E-state index contributed by atoms with van der Waals surface area (Å²) >= 11 is 1.19. The van der Waals surface area contributed by atoms with Crippen LogP contribution in [0.5, 0.6) is 0 Å². The second kappa shape index (κ2) is 2.58. The molecule has 0 aliphatic carbocycles. The van der Waals surface area contributed by atoms with E-state index in [4.69, 9.17) is 5.26 Å². The summed E-state index contributed by atoms with van der Waals surface area (Å²) in [6, 6.07) is 8.92. The number of rotatable bonds is 0. The average Bonchev–Trinajstić information content (AvgIpc) is 2.44. The zero-order valence-corrected chi connectivity index (χ0v) is 6.86. The van der Waals surface area contributed by atoms with E-state index in [-0.39, 0.29) is 4.88 Å². The van der Waals surface area contributed by atoms with E-state index >= 15 is 0 Å². The van der Waals surface area contributed by atoms with Gasteiger partial charge in [0.1, 0.15) is 10.9 Å². The molecule has 2 rings (SSSR count). The first kappa shape index (κ1) is 7.26. The van der Waals surface area contributed by atoms with Crippen LogP contribution in [-0.2, 0) is 0 Å². The number of fused-ring (bicyclic) bond motifs is 1. The van der Waals surface area contributed by atoms with Gasteiger partial charge in [0.2, 0.25) is 0 Å². The Labute approximate surface area is 72.7 Å². The molecule has 0 N–H and O–H groups in total. The second-order valence-electron chi connectivity index (χ2n) is 2.35. The first-order chi connectivity index (χ1) is 5.83. The first-order valence-corrected chi connectivity index (χ1v) is 4.21. The predicted octanol–water partition coefficient (Wildman–Crippen LogP) is 2.91. The summed E-state index contributed by atoms with van der Waals surface area (Å²) in [7, 11) is 0. The van der Waals surface area contributed by atoms with Crippen LogP contribution in [0.4, 0.5) is 4.39 Å². The standard InChI is InChI=1S/C9H4FNS/c10-9-6-3-1-2-4-7(6)12-8(9)5-11/h1-4H. The van der Waals surface area contributed by atoms with Crippen LogP contribution in [-0.4, -0.2) is 0 Å². The molecule has 0 saturated heterocycles. The van der Waals surface area contributed by atoms with Crippen LogP contribution in [0.2, 0.25) is 0 Å². The minimum atomic E-state index is -0.391. The van der Waals surface area contributed by atoms with E-state index in [1.807, 2.05) is 18.2 Å². The lowest BCUT2D eigenvalue weighted by molar-refractivity contribution is 0.641. The average molecular weight is 177 g/mol. The smallest absolute Gasteiger partial charge is 0.159 e. The Kier molecular flexibility index (Phi) is 1.56. The third-order valence-corrected chi connectivity index (χ3v) is 2.69. The van der Waals surface area contributed by atoms with Crippen LogP contribution in [0.25, 0.3) is 10.1 Å². The van der Waals surface area contributed by atoms with Crippen molar-refractivity contribution >= 4 is 21.4 Å². The number of benzene rings is 1. The van der Waals surface area contributed by atoms with Crippen molar-refractivity contribution < 1.29 is 4.39 Å². The number of nitrogens with zero attached hydrogens (tertiary/aromatic N) is 1. The molecule has 0 bridgehead atoms. The fourth-order valence-electron chi connectivity index (χ4n) is 1.09. The molecule has 1 heterocycles. The fourth-order valence-corrected chi connectivity index (χ4v) is 1.97. The van der Waals surface area contributed by atoms with Crippen molar-refractivity contribution in [2.75, 3.05) is 0 Å². The third-order valence-electron chi connectivity index (χ3n) is 1.64. The minimum absolute atomic E-state index is 0.163. The molecule has 3 heteroatoms. The Hall–Kier alpha value is -1.40. The molecule has 0 unspecified atom stereocenters. The maximum Gasteiger partial charge on any atom is 0.159 e. The summed E-state index contributed by atoms with van der Waals surface area (Å²) in [5, 5.41) is 9.08. The monoisotopic (exact) mass is 177 g/mol. The van der Waals surface area contributed by atoms with E-state index in [2.05, 4.69) is 0 Å². The van der Waals surface area contributed by atoms with Crippen molar-refractivity contribution in [3.63, 3.8) is 0 Å². The van der Waals surface area contributed by atoms with Gasteiger partial charge in [-0.3, -0.25) is 0 Å². The van der Waals surface area contributed by atoms with Gasteiger partial charge >= 0.3 is 0 Å². The molecule has 1 aromatic heterocycles. The summed E-state index contributed by atoms with van der Waals surface area (Å²) in [5.41, 5.74) is 0. The van der Waals surface area contributed by atoms with Gasteiger partial charge < -0.3 is 0 Å². The van der Waals surface area contributed by atoms with Crippen LogP contribution in [0.15, 0.2) is 24.3 Å². The Balaban J connectivity index is 2.90. The van der Waals surface area contributed by atoms with E-state index in [1.165, 1.54) is 11.3 Å². The highest BCUT2D eigenvalue weighted by Gasteiger charge is 2.09. The molecule has 0 amide bonds. The number of halogens is 1. The van der Waals surface area contributed by atoms with Crippen molar-refractivity contribution in [2.45, 2.75) is 0 Å². The summed E-state index contributed by atoms with van der Waals surface area (Å²) in [5.74, 6) is -0.391. The van der Waals surface area contributed by atoms with Crippen LogP contribution >= 0.6 is 11.3 Å². The SMILES string of the molecule is N#Cc1sc2ccccc2c1F. The van der Waals surface area contributed by atoms with Crippen LogP contribution in [0, 0.1) is 17.1 Å². The Morgan fingerprint density at radius 1 is 1.33 bits per heavy atom. The quantitative estimate of drug-likeness (QED) is 0.607. The van der Waals surface area contributed by atoms with E-state index < -0.39 is 5.82 Å². The van der Waals surface area contributed by atoms with E-state index in [1.54, 1.807) is 12.1 Å². The van der Waals surface area contributed by atoms with Crippen molar-refractivity contribution in [1.29, 1.82) is 5.26 Å². The highest BCUT2D eigenvalue weighted by atomic mass is 32.1. The number of nitriles is 1. The molecule has 0 saturated carbocycles. The largest absolute Gasteiger partial charge is 0.204 e. The third kappa shape index (κ3) is 0.892. The topological polar surface area (TPSA) is 23.8 Å². The maximum absolute atomic E-state index is 13.2. The molecule has 0 aliphatic rings. The molecular formula is C9H4FNS. The number of thiophene rings is 1. The van der Waals surface area contributed by atoms with Crippen molar-refractivity contribution in [3.8, 4) is 6.07 Å². The van der Waals surface area contributed by atoms with Crippen molar-refractivity contribution in [3.05, 3.63) is 35.0 Å². The fraction of sp³-hybridized carbons (Fsp3) is 0. The van der Waals surface area contributed by atoms with Gasteiger partial charge in [0, 0.05) is 10.1 Å². The normalized spacial score (nSPS) is 10.0. The van der Waals surface area contributed by atoms with Gasteiger partial charge in [0.15, 0.2) is 5.82 Å². The Morgan fingerprint density at radius 3 is 2.75 bits per heavy atom. The lowest BCUT2D eigenvalue weighted by Gasteiger charge is -1.84. The molecule has 0 spiro atoms. The lowest BCUT2D eigenvalue weighted by atomic mass is 10.2. The zero-order chi connectivity index (χ0) is 8.55. The molecule has 58 valence electrons. The van der Waals surface area contributed by atoms with Crippen LogP contribution in [0.1, 0.15) is 4.88 Å². The van der Waals surface area contributed by atoms with E-state index in [0.717, 1.165) is 4.70 Å². The highest BCUT2D eigenvalue weighted by molar-refractivity contribution is 7.19. The lowest BCUT2D eigenvalue weighted by Crippen LogP contribution is -1.71. The van der Waals surface area contributed by atoms with Gasteiger partial charge in [0.05, 0.1) is 0 Å². The van der Waals surface area contributed by atoms with Gasteiger partial charge in [-0.05, 0) is 6.07 Å². The molecular weight excluding hydrogens is 173 g/mol. The van der Waals surface area contributed by atoms with Crippen LogP contribution < -0.4 is 0 Å². The van der Waals surface area contributed by atoms with E-state index in [0.29, 0.717) is 5.39 Å². The molecule has 0 radical (unpaired) electrons. The molecule has 12 heavy (non-hydrogen) atoms.